The van der Waals surface area contributed by atoms with Crippen LogP contribution in [-0.2, 0) is 4.79 Å². The van der Waals surface area contributed by atoms with Crippen LogP contribution in [0.5, 0.6) is 0 Å². The van der Waals surface area contributed by atoms with E-state index in [1.807, 2.05) is 0 Å². The first-order valence-electron chi connectivity index (χ1n) is 4.37. The van der Waals surface area contributed by atoms with Crippen molar-refractivity contribution >= 4 is 5.78 Å². The molecular formula is C9H14N2O. The second kappa shape index (κ2) is 4.22. The maximum absolute atomic E-state index is 10.8. The zero-order valence-electron chi connectivity index (χ0n) is 7.34. The minimum Gasteiger partial charge on any atom is -0.300 e. The van der Waals surface area contributed by atoms with Crippen molar-refractivity contribution in [2.45, 2.75) is 44.7 Å². The summed E-state index contributed by atoms with van der Waals surface area (Å²) < 4.78 is 0. The van der Waals surface area contributed by atoms with Crippen LogP contribution in [0.25, 0.3) is 0 Å². The van der Waals surface area contributed by atoms with Crippen molar-refractivity contribution in [3.05, 3.63) is 0 Å². The number of rotatable bonds is 2. The molecule has 0 aromatic heterocycles. The Hall–Kier alpha value is -0.880. The summed E-state index contributed by atoms with van der Waals surface area (Å²) in [5.74, 6) is 0.200. The molecule has 3 heteroatoms. The minimum absolute atomic E-state index is 0.0388. The Bertz CT molecular complexity index is 207. The molecule has 3 nitrogen and oxygen atoms in total. The lowest BCUT2D eigenvalue weighted by Crippen LogP contribution is -2.42. The maximum atomic E-state index is 10.8. The molecule has 12 heavy (non-hydrogen) atoms. The van der Waals surface area contributed by atoms with Crippen LogP contribution in [0.4, 0.5) is 0 Å². The largest absolute Gasteiger partial charge is 0.300 e. The van der Waals surface area contributed by atoms with E-state index in [1.165, 1.54) is 0 Å². The van der Waals surface area contributed by atoms with E-state index in [1.54, 1.807) is 6.92 Å². The molecule has 1 N–H and O–H groups in total. The Labute approximate surface area is 72.8 Å². The Morgan fingerprint density at radius 3 is 3.00 bits per heavy atom. The summed E-state index contributed by atoms with van der Waals surface area (Å²) in [5.41, 5.74) is 0. The van der Waals surface area contributed by atoms with Gasteiger partial charge < -0.3 is 0 Å². The van der Waals surface area contributed by atoms with Crippen LogP contribution in [0.3, 0.4) is 0 Å². The summed E-state index contributed by atoms with van der Waals surface area (Å²) in [6, 6.07) is 2.38. The number of carbonyl (C=O) groups is 1. The highest BCUT2D eigenvalue weighted by Crippen LogP contribution is 2.14. The van der Waals surface area contributed by atoms with E-state index < -0.39 is 0 Å². The van der Waals surface area contributed by atoms with Gasteiger partial charge in [0.05, 0.1) is 12.1 Å². The zero-order chi connectivity index (χ0) is 8.97. The summed E-state index contributed by atoms with van der Waals surface area (Å²) in [7, 11) is 0. The average molecular weight is 166 g/mol. The van der Waals surface area contributed by atoms with Gasteiger partial charge in [-0.2, -0.15) is 5.26 Å². The molecule has 1 saturated heterocycles. The Morgan fingerprint density at radius 2 is 2.42 bits per heavy atom. The quantitative estimate of drug-likeness (QED) is 0.665. The molecule has 0 radical (unpaired) electrons. The molecule has 1 rings (SSSR count). The standard InChI is InChI=1S/C9H14N2O/c1-7(12)5-8-3-2-4-9(6-10)11-8/h8-9,11H,2-5H2,1H3/t8-,9+/m0/s1. The molecule has 1 fully saturated rings. The first kappa shape index (κ1) is 9.21. The van der Waals surface area contributed by atoms with Crippen LogP contribution in [0.15, 0.2) is 0 Å². The van der Waals surface area contributed by atoms with E-state index >= 15 is 0 Å². The highest BCUT2D eigenvalue weighted by molar-refractivity contribution is 5.76. The summed E-state index contributed by atoms with van der Waals surface area (Å²) in [6.07, 6.45) is 3.57. The number of nitrogens with zero attached hydrogens (tertiary/aromatic N) is 1. The Morgan fingerprint density at radius 1 is 1.67 bits per heavy atom. The average Bonchev–Trinajstić information content (AvgIpc) is 2.03. The van der Waals surface area contributed by atoms with E-state index in [-0.39, 0.29) is 17.9 Å². The third kappa shape index (κ3) is 2.63. The molecule has 0 bridgehead atoms. The van der Waals surface area contributed by atoms with E-state index in [2.05, 4.69) is 11.4 Å². The topological polar surface area (TPSA) is 52.9 Å². The first-order chi connectivity index (χ1) is 5.72. The molecule has 1 aliphatic rings. The second-order valence-corrected chi connectivity index (χ2v) is 3.38. The lowest BCUT2D eigenvalue weighted by atomic mass is 9.96. The smallest absolute Gasteiger partial charge is 0.131 e. The molecule has 0 saturated carbocycles. The molecule has 0 aliphatic carbocycles. The lowest BCUT2D eigenvalue weighted by molar-refractivity contribution is -0.117. The number of Topliss-reactive ketones (excluding diaryl/α,β-unsaturated/α-hetero) is 1. The minimum atomic E-state index is -0.0388. The number of nitrogens with one attached hydrogen (secondary N) is 1. The van der Waals surface area contributed by atoms with Crippen molar-refractivity contribution in [2.75, 3.05) is 0 Å². The van der Waals surface area contributed by atoms with Crippen LogP contribution in [0.2, 0.25) is 0 Å². The number of piperidine rings is 1. The maximum Gasteiger partial charge on any atom is 0.131 e. The van der Waals surface area contributed by atoms with Gasteiger partial charge in [0.15, 0.2) is 0 Å². The van der Waals surface area contributed by atoms with Gasteiger partial charge in [0, 0.05) is 12.5 Å². The number of hydrogen-bond acceptors (Lipinski definition) is 3. The van der Waals surface area contributed by atoms with Gasteiger partial charge in [-0.15, -0.1) is 0 Å². The molecule has 0 aromatic rings. The molecule has 1 aliphatic heterocycles. The number of hydrogen-bond donors (Lipinski definition) is 1. The number of ketones is 1. The van der Waals surface area contributed by atoms with Crippen LogP contribution in [-0.4, -0.2) is 17.9 Å². The third-order valence-electron chi connectivity index (χ3n) is 2.17. The van der Waals surface area contributed by atoms with Crippen molar-refractivity contribution in [3.63, 3.8) is 0 Å². The van der Waals surface area contributed by atoms with E-state index in [0.29, 0.717) is 6.42 Å². The van der Waals surface area contributed by atoms with E-state index in [9.17, 15) is 4.79 Å². The Balaban J connectivity index is 2.36. The molecule has 1 heterocycles. The van der Waals surface area contributed by atoms with Gasteiger partial charge in [-0.3, -0.25) is 10.1 Å². The van der Waals surface area contributed by atoms with Crippen LogP contribution in [0, 0.1) is 11.3 Å². The molecular weight excluding hydrogens is 152 g/mol. The van der Waals surface area contributed by atoms with Gasteiger partial charge in [0.25, 0.3) is 0 Å². The monoisotopic (exact) mass is 166 g/mol. The van der Waals surface area contributed by atoms with E-state index in [4.69, 9.17) is 5.26 Å². The van der Waals surface area contributed by atoms with Crippen molar-refractivity contribution in [1.82, 2.24) is 5.32 Å². The number of nitriles is 1. The van der Waals surface area contributed by atoms with Crippen molar-refractivity contribution in [2.24, 2.45) is 0 Å². The summed E-state index contributed by atoms with van der Waals surface area (Å²) >= 11 is 0. The van der Waals surface area contributed by atoms with Gasteiger partial charge in [-0.1, -0.05) is 0 Å². The fourth-order valence-electron chi connectivity index (χ4n) is 1.63. The lowest BCUT2D eigenvalue weighted by Gasteiger charge is -2.26. The van der Waals surface area contributed by atoms with Crippen LogP contribution < -0.4 is 5.32 Å². The van der Waals surface area contributed by atoms with Crippen LogP contribution >= 0.6 is 0 Å². The van der Waals surface area contributed by atoms with E-state index in [0.717, 1.165) is 19.3 Å². The van der Waals surface area contributed by atoms with Gasteiger partial charge in [0.2, 0.25) is 0 Å². The van der Waals surface area contributed by atoms with Gasteiger partial charge >= 0.3 is 0 Å². The summed E-state index contributed by atoms with van der Waals surface area (Å²) in [5, 5.41) is 11.8. The van der Waals surface area contributed by atoms with Crippen molar-refractivity contribution < 1.29 is 4.79 Å². The first-order valence-corrected chi connectivity index (χ1v) is 4.37. The fraction of sp³-hybridized carbons (Fsp3) is 0.778. The summed E-state index contributed by atoms with van der Waals surface area (Å²) in [4.78, 5) is 10.8. The van der Waals surface area contributed by atoms with Crippen molar-refractivity contribution in [3.8, 4) is 6.07 Å². The molecule has 0 spiro atoms. The highest BCUT2D eigenvalue weighted by Gasteiger charge is 2.20. The second-order valence-electron chi connectivity index (χ2n) is 3.38. The zero-order valence-corrected chi connectivity index (χ0v) is 7.34. The highest BCUT2D eigenvalue weighted by atomic mass is 16.1. The molecule has 66 valence electrons. The number of carbonyl (C=O) groups excluding carboxylic acids is 1. The summed E-state index contributed by atoms with van der Waals surface area (Å²) in [6.45, 7) is 1.59. The van der Waals surface area contributed by atoms with Crippen LogP contribution in [0.1, 0.15) is 32.6 Å². The Kier molecular flexibility index (Phi) is 3.24. The SMILES string of the molecule is CC(=O)C[C@@H]1CCC[C@H](C#N)N1. The fourth-order valence-corrected chi connectivity index (χ4v) is 1.63. The third-order valence-corrected chi connectivity index (χ3v) is 2.17. The molecule has 0 amide bonds. The van der Waals surface area contributed by atoms with Gasteiger partial charge in [-0.25, -0.2) is 0 Å². The molecule has 2 atom stereocenters. The van der Waals surface area contributed by atoms with Gasteiger partial charge in [-0.05, 0) is 26.2 Å². The van der Waals surface area contributed by atoms with Gasteiger partial charge in [0.1, 0.15) is 5.78 Å². The molecule has 0 unspecified atom stereocenters. The predicted molar refractivity (Wildman–Crippen MR) is 45.5 cm³/mol. The predicted octanol–water partition coefficient (Wildman–Crippen LogP) is 1.000. The normalized spacial score (nSPS) is 29.3. The van der Waals surface area contributed by atoms with Crippen molar-refractivity contribution in [1.29, 1.82) is 5.26 Å². The molecule has 0 aromatic carbocycles.